The first-order valence-corrected chi connectivity index (χ1v) is 18.3. The van der Waals surface area contributed by atoms with Crippen molar-refractivity contribution in [3.63, 3.8) is 0 Å². The van der Waals surface area contributed by atoms with Crippen LogP contribution in [0.15, 0.2) is 0 Å². The summed E-state index contributed by atoms with van der Waals surface area (Å²) in [5, 5.41) is 0. The summed E-state index contributed by atoms with van der Waals surface area (Å²) >= 11 is 0. The van der Waals surface area contributed by atoms with Gasteiger partial charge in [-0.1, -0.05) is 48.3 Å². The summed E-state index contributed by atoms with van der Waals surface area (Å²) in [6.07, 6.45) is 4.68. The molecule has 0 saturated carbocycles. The minimum absolute atomic E-state index is 0.775. The Balaban J connectivity index is 4.14. The Kier molecular flexibility index (Phi) is 19.4. The zero-order valence-corrected chi connectivity index (χ0v) is 23.0. The topological polar surface area (TPSA) is 36.9 Å². The maximum Gasteiger partial charge on any atom is 0.338 e. The quantitative estimate of drug-likeness (QED) is 0.102. The summed E-state index contributed by atoms with van der Waals surface area (Å²) in [5.74, 6) is 2.36. The third-order valence-electron chi connectivity index (χ3n) is 4.55. The lowest BCUT2D eigenvalue weighted by Gasteiger charge is -2.30. The monoisotopic (exact) mass is 470 g/mol. The lowest BCUT2D eigenvalue weighted by Crippen LogP contribution is -2.42. The molecular formula is C20H46O4S2Si2. The highest BCUT2D eigenvalue weighted by Crippen LogP contribution is 2.30. The van der Waals surface area contributed by atoms with E-state index in [1.165, 1.54) is 24.3 Å². The largest absolute Gasteiger partial charge is 0.394 e. The summed E-state index contributed by atoms with van der Waals surface area (Å²) in [5.41, 5.74) is 0. The van der Waals surface area contributed by atoms with Crippen molar-refractivity contribution < 1.29 is 17.7 Å². The van der Waals surface area contributed by atoms with E-state index in [0.29, 0.717) is 0 Å². The average molecular weight is 471 g/mol. The molecule has 0 heterocycles. The molecule has 0 aliphatic heterocycles. The van der Waals surface area contributed by atoms with Gasteiger partial charge in [0.25, 0.3) is 0 Å². The maximum absolute atomic E-state index is 6.14. The van der Waals surface area contributed by atoms with E-state index in [4.69, 9.17) is 17.7 Å². The third-order valence-corrected chi connectivity index (χ3v) is 15.1. The van der Waals surface area contributed by atoms with Crippen molar-refractivity contribution in [2.75, 3.05) is 37.9 Å². The van der Waals surface area contributed by atoms with E-state index in [-0.39, 0.29) is 0 Å². The smallest absolute Gasteiger partial charge is 0.338 e. The Morgan fingerprint density at radius 2 is 0.821 bits per heavy atom. The zero-order valence-electron chi connectivity index (χ0n) is 19.3. The predicted molar refractivity (Wildman–Crippen MR) is 132 cm³/mol. The average Bonchev–Trinajstić information content (AvgIpc) is 2.65. The standard InChI is InChI=1S/C20H46O4S2Si2/c1-7-17-27(21-9-3,22-10-4)19-13-15-25-26-16-14-20-28(18-8-2,23-11-5)24-12-6/h7-20H2,1-6H3. The minimum Gasteiger partial charge on any atom is -0.394 e. The Labute approximate surface area is 185 Å². The summed E-state index contributed by atoms with van der Waals surface area (Å²) < 4.78 is 24.6. The van der Waals surface area contributed by atoms with Crippen LogP contribution in [0.5, 0.6) is 0 Å². The van der Waals surface area contributed by atoms with Gasteiger partial charge in [0.05, 0.1) is 0 Å². The van der Waals surface area contributed by atoms with Crippen molar-refractivity contribution in [1.82, 2.24) is 0 Å². The van der Waals surface area contributed by atoms with Crippen LogP contribution in [0.2, 0.25) is 24.2 Å². The van der Waals surface area contributed by atoms with E-state index in [9.17, 15) is 0 Å². The van der Waals surface area contributed by atoms with Crippen LogP contribution in [-0.2, 0) is 17.7 Å². The molecule has 8 heteroatoms. The highest BCUT2D eigenvalue weighted by molar-refractivity contribution is 8.76. The predicted octanol–water partition coefficient (Wildman–Crippen LogP) is 7.00. The minimum atomic E-state index is -1.97. The van der Waals surface area contributed by atoms with Crippen molar-refractivity contribution in [1.29, 1.82) is 0 Å². The van der Waals surface area contributed by atoms with E-state index in [0.717, 1.165) is 63.4 Å². The van der Waals surface area contributed by atoms with E-state index in [1.54, 1.807) is 0 Å². The van der Waals surface area contributed by atoms with Crippen molar-refractivity contribution in [2.45, 2.75) is 91.4 Å². The summed E-state index contributed by atoms with van der Waals surface area (Å²) in [4.78, 5) is 0. The molecule has 28 heavy (non-hydrogen) atoms. The summed E-state index contributed by atoms with van der Waals surface area (Å²) in [6.45, 7) is 15.9. The maximum atomic E-state index is 6.14. The van der Waals surface area contributed by atoms with Crippen molar-refractivity contribution >= 4 is 38.7 Å². The molecule has 0 amide bonds. The first kappa shape index (κ1) is 29.0. The van der Waals surface area contributed by atoms with Gasteiger partial charge in [-0.3, -0.25) is 0 Å². The number of rotatable bonds is 21. The third kappa shape index (κ3) is 12.6. The fourth-order valence-electron chi connectivity index (χ4n) is 3.64. The highest BCUT2D eigenvalue weighted by Gasteiger charge is 2.36. The molecule has 0 aromatic carbocycles. The molecule has 0 spiro atoms. The van der Waals surface area contributed by atoms with Gasteiger partial charge in [-0.15, -0.1) is 0 Å². The molecule has 4 nitrogen and oxygen atoms in total. The van der Waals surface area contributed by atoms with Crippen LogP contribution in [0.4, 0.5) is 0 Å². The normalized spacial score (nSPS) is 12.6. The van der Waals surface area contributed by atoms with Gasteiger partial charge < -0.3 is 17.7 Å². The molecule has 0 radical (unpaired) electrons. The van der Waals surface area contributed by atoms with E-state index in [2.05, 4.69) is 41.5 Å². The number of hydrogen-bond donors (Lipinski definition) is 0. The second-order valence-electron chi connectivity index (χ2n) is 6.90. The molecule has 0 rings (SSSR count). The van der Waals surface area contributed by atoms with E-state index >= 15 is 0 Å². The fourth-order valence-corrected chi connectivity index (χ4v) is 13.2. The van der Waals surface area contributed by atoms with Gasteiger partial charge in [0.2, 0.25) is 0 Å². The molecular weight excluding hydrogens is 425 g/mol. The lowest BCUT2D eigenvalue weighted by atomic mass is 10.6. The van der Waals surface area contributed by atoms with Crippen LogP contribution >= 0.6 is 21.6 Å². The SMILES string of the molecule is CCC[Si](CCCSSCCC[Si](CCC)(OCC)OCC)(OCC)OCC. The fraction of sp³-hybridized carbons (Fsp3) is 1.00. The molecule has 0 fully saturated rings. The first-order chi connectivity index (χ1) is 13.6. The highest BCUT2D eigenvalue weighted by atomic mass is 33.1. The van der Waals surface area contributed by atoms with Gasteiger partial charge in [0.15, 0.2) is 0 Å². The molecule has 0 unspecified atom stereocenters. The Morgan fingerprint density at radius 3 is 1.07 bits per heavy atom. The first-order valence-electron chi connectivity index (χ1n) is 11.4. The van der Waals surface area contributed by atoms with Gasteiger partial charge in [-0.2, -0.15) is 0 Å². The van der Waals surface area contributed by atoms with Gasteiger partial charge in [0, 0.05) is 37.9 Å². The van der Waals surface area contributed by atoms with Gasteiger partial charge in [0.1, 0.15) is 0 Å². The second-order valence-corrected chi connectivity index (χ2v) is 16.4. The van der Waals surface area contributed by atoms with Crippen LogP contribution in [0.3, 0.4) is 0 Å². The summed E-state index contributed by atoms with van der Waals surface area (Å²) in [7, 11) is 0.0540. The van der Waals surface area contributed by atoms with Crippen molar-refractivity contribution in [3.05, 3.63) is 0 Å². The molecule has 0 N–H and O–H groups in total. The Bertz CT molecular complexity index is 286. The molecule has 0 aromatic heterocycles. The molecule has 0 aliphatic rings. The summed E-state index contributed by atoms with van der Waals surface area (Å²) in [6, 6.07) is 4.48. The van der Waals surface area contributed by atoms with Crippen LogP contribution in [0.1, 0.15) is 67.2 Å². The van der Waals surface area contributed by atoms with E-state index < -0.39 is 17.1 Å². The van der Waals surface area contributed by atoms with Crippen molar-refractivity contribution in [2.24, 2.45) is 0 Å². The Hall–Kier alpha value is 0.974. The molecule has 170 valence electrons. The van der Waals surface area contributed by atoms with Crippen LogP contribution < -0.4 is 0 Å². The molecule has 0 aliphatic carbocycles. The van der Waals surface area contributed by atoms with Crippen LogP contribution in [-0.4, -0.2) is 55.1 Å². The van der Waals surface area contributed by atoms with Crippen LogP contribution in [0.25, 0.3) is 0 Å². The lowest BCUT2D eigenvalue weighted by molar-refractivity contribution is 0.181. The molecule has 0 saturated heterocycles. The molecule has 0 aromatic rings. The van der Waals surface area contributed by atoms with Gasteiger partial charge in [-0.05, 0) is 64.7 Å². The number of hydrogen-bond acceptors (Lipinski definition) is 6. The second kappa shape index (κ2) is 18.7. The zero-order chi connectivity index (χ0) is 21.1. The van der Waals surface area contributed by atoms with Crippen molar-refractivity contribution in [3.8, 4) is 0 Å². The van der Waals surface area contributed by atoms with Gasteiger partial charge >= 0.3 is 17.1 Å². The molecule has 0 bridgehead atoms. The Morgan fingerprint density at radius 1 is 0.500 bits per heavy atom. The van der Waals surface area contributed by atoms with E-state index in [1.807, 2.05) is 21.6 Å². The van der Waals surface area contributed by atoms with Crippen LogP contribution in [0, 0.1) is 0 Å². The molecule has 0 atom stereocenters. The van der Waals surface area contributed by atoms with Gasteiger partial charge in [-0.25, -0.2) is 0 Å².